The monoisotopic (exact) mass is 249 g/mol. The standard InChI is InChI=1S/C10H15NO4.ClH/c1-3-5-14-9(12)7-11-8-10(13)15-6-4-2;/h3-4,11H,1-2,5-8H2;1H. The molecular formula is C10H16ClNO4. The van der Waals surface area contributed by atoms with Crippen molar-refractivity contribution < 1.29 is 19.1 Å². The summed E-state index contributed by atoms with van der Waals surface area (Å²) in [5.74, 6) is -0.877. The predicted octanol–water partition coefficient (Wildman–Crippen LogP) is 0.456. The molecule has 0 heterocycles. The molecule has 0 aromatic heterocycles. The molecule has 0 unspecified atom stereocenters. The van der Waals surface area contributed by atoms with Crippen molar-refractivity contribution >= 4 is 24.3 Å². The molecule has 6 heteroatoms. The second kappa shape index (κ2) is 11.7. The van der Waals surface area contributed by atoms with Crippen LogP contribution in [0.4, 0.5) is 0 Å². The van der Waals surface area contributed by atoms with Crippen LogP contribution >= 0.6 is 12.4 Å². The van der Waals surface area contributed by atoms with Gasteiger partial charge >= 0.3 is 11.9 Å². The maximum atomic E-state index is 10.9. The lowest BCUT2D eigenvalue weighted by molar-refractivity contribution is -0.142. The Hall–Kier alpha value is -1.33. The first-order valence-corrected chi connectivity index (χ1v) is 4.44. The number of halogens is 1. The molecule has 0 aromatic carbocycles. The third kappa shape index (κ3) is 10.7. The second-order valence-corrected chi connectivity index (χ2v) is 2.55. The van der Waals surface area contributed by atoms with Gasteiger partial charge in [-0.1, -0.05) is 25.3 Å². The Labute approximate surface area is 101 Å². The van der Waals surface area contributed by atoms with Gasteiger partial charge in [-0.05, 0) is 0 Å². The molecule has 0 radical (unpaired) electrons. The molecule has 0 bridgehead atoms. The largest absolute Gasteiger partial charge is 0.461 e. The summed E-state index contributed by atoms with van der Waals surface area (Å²) in [4.78, 5) is 21.8. The van der Waals surface area contributed by atoms with Gasteiger partial charge < -0.3 is 9.47 Å². The molecule has 0 rings (SSSR count). The summed E-state index contributed by atoms with van der Waals surface area (Å²) in [7, 11) is 0. The Morgan fingerprint density at radius 3 is 1.69 bits per heavy atom. The summed E-state index contributed by atoms with van der Waals surface area (Å²) in [6.07, 6.45) is 2.94. The number of hydrogen-bond acceptors (Lipinski definition) is 5. The minimum absolute atomic E-state index is 0. The fourth-order valence-corrected chi connectivity index (χ4v) is 0.672. The molecule has 0 spiro atoms. The van der Waals surface area contributed by atoms with Crippen LogP contribution in [0.2, 0.25) is 0 Å². The van der Waals surface area contributed by atoms with E-state index in [1.807, 2.05) is 0 Å². The first kappa shape index (κ1) is 17.1. The molecule has 92 valence electrons. The van der Waals surface area contributed by atoms with Gasteiger partial charge in [0.05, 0.1) is 13.1 Å². The van der Waals surface area contributed by atoms with Crippen molar-refractivity contribution in [2.45, 2.75) is 0 Å². The normalized spacial score (nSPS) is 8.50. The summed E-state index contributed by atoms with van der Waals surface area (Å²) >= 11 is 0. The van der Waals surface area contributed by atoms with Crippen molar-refractivity contribution in [3.63, 3.8) is 0 Å². The zero-order chi connectivity index (χ0) is 11.5. The van der Waals surface area contributed by atoms with Gasteiger partial charge in [0, 0.05) is 0 Å². The second-order valence-electron chi connectivity index (χ2n) is 2.55. The number of carbonyl (C=O) groups excluding carboxylic acids is 2. The first-order chi connectivity index (χ1) is 7.20. The SMILES string of the molecule is C=CCOC(=O)CNCC(=O)OCC=C.Cl. The van der Waals surface area contributed by atoms with Crippen molar-refractivity contribution in [2.24, 2.45) is 0 Å². The number of hydrogen-bond donors (Lipinski definition) is 1. The van der Waals surface area contributed by atoms with Gasteiger partial charge in [0.25, 0.3) is 0 Å². The van der Waals surface area contributed by atoms with Gasteiger partial charge in [-0.2, -0.15) is 0 Å². The van der Waals surface area contributed by atoms with Gasteiger partial charge in [-0.3, -0.25) is 14.9 Å². The van der Waals surface area contributed by atoms with E-state index in [9.17, 15) is 9.59 Å². The van der Waals surface area contributed by atoms with E-state index < -0.39 is 11.9 Å². The highest BCUT2D eigenvalue weighted by molar-refractivity contribution is 5.85. The van der Waals surface area contributed by atoms with Crippen molar-refractivity contribution in [3.05, 3.63) is 25.3 Å². The average molecular weight is 250 g/mol. The Morgan fingerprint density at radius 1 is 1.00 bits per heavy atom. The average Bonchev–Trinajstić information content (AvgIpc) is 2.23. The van der Waals surface area contributed by atoms with E-state index in [1.54, 1.807) is 0 Å². The van der Waals surface area contributed by atoms with Crippen molar-refractivity contribution in [2.75, 3.05) is 26.3 Å². The van der Waals surface area contributed by atoms with Crippen LogP contribution in [-0.4, -0.2) is 38.2 Å². The Kier molecular flexibility index (Phi) is 12.5. The van der Waals surface area contributed by atoms with Crippen LogP contribution in [-0.2, 0) is 19.1 Å². The fraction of sp³-hybridized carbons (Fsp3) is 0.400. The Bertz CT molecular complexity index is 219. The van der Waals surface area contributed by atoms with E-state index in [4.69, 9.17) is 0 Å². The molecule has 0 aliphatic heterocycles. The predicted molar refractivity (Wildman–Crippen MR) is 62.4 cm³/mol. The summed E-state index contributed by atoms with van der Waals surface area (Å²) < 4.78 is 9.33. The maximum Gasteiger partial charge on any atom is 0.320 e. The van der Waals surface area contributed by atoms with Crippen molar-refractivity contribution in [3.8, 4) is 0 Å². The van der Waals surface area contributed by atoms with E-state index in [0.717, 1.165) is 0 Å². The molecule has 0 aliphatic carbocycles. The van der Waals surface area contributed by atoms with E-state index in [-0.39, 0.29) is 38.7 Å². The first-order valence-electron chi connectivity index (χ1n) is 4.44. The van der Waals surface area contributed by atoms with Gasteiger partial charge in [0.15, 0.2) is 0 Å². The van der Waals surface area contributed by atoms with E-state index >= 15 is 0 Å². The van der Waals surface area contributed by atoms with Gasteiger partial charge in [-0.15, -0.1) is 12.4 Å². The van der Waals surface area contributed by atoms with Crippen LogP contribution < -0.4 is 5.32 Å². The molecule has 0 aromatic rings. The molecule has 0 aliphatic rings. The number of carbonyl (C=O) groups is 2. The third-order valence-corrected chi connectivity index (χ3v) is 1.26. The topological polar surface area (TPSA) is 64.6 Å². The van der Waals surface area contributed by atoms with E-state index in [2.05, 4.69) is 27.9 Å². The zero-order valence-electron chi connectivity index (χ0n) is 8.94. The number of rotatable bonds is 8. The zero-order valence-corrected chi connectivity index (χ0v) is 9.76. The molecule has 0 atom stereocenters. The highest BCUT2D eigenvalue weighted by Gasteiger charge is 2.04. The van der Waals surface area contributed by atoms with Crippen molar-refractivity contribution in [1.82, 2.24) is 5.32 Å². The Balaban J connectivity index is 0. The van der Waals surface area contributed by atoms with Crippen LogP contribution in [0.3, 0.4) is 0 Å². The summed E-state index contributed by atoms with van der Waals surface area (Å²) in [6.45, 7) is 7.06. The quantitative estimate of drug-likeness (QED) is 0.500. The van der Waals surface area contributed by atoms with Gasteiger partial charge in [0.1, 0.15) is 13.2 Å². The fourth-order valence-electron chi connectivity index (χ4n) is 0.672. The van der Waals surface area contributed by atoms with E-state index in [1.165, 1.54) is 12.2 Å². The van der Waals surface area contributed by atoms with Crippen LogP contribution in [0.1, 0.15) is 0 Å². The van der Waals surface area contributed by atoms with Crippen molar-refractivity contribution in [1.29, 1.82) is 0 Å². The maximum absolute atomic E-state index is 10.9. The van der Waals surface area contributed by atoms with Crippen LogP contribution in [0.25, 0.3) is 0 Å². The summed E-state index contributed by atoms with van der Waals surface area (Å²) in [5.41, 5.74) is 0. The molecule has 1 N–H and O–H groups in total. The molecular weight excluding hydrogens is 234 g/mol. The molecule has 16 heavy (non-hydrogen) atoms. The summed E-state index contributed by atoms with van der Waals surface area (Å²) in [6, 6.07) is 0. The number of nitrogens with one attached hydrogen (secondary N) is 1. The van der Waals surface area contributed by atoms with Gasteiger partial charge in [-0.25, -0.2) is 0 Å². The lowest BCUT2D eigenvalue weighted by atomic mass is 10.5. The smallest absolute Gasteiger partial charge is 0.320 e. The number of esters is 2. The molecule has 0 saturated carbocycles. The molecule has 0 saturated heterocycles. The van der Waals surface area contributed by atoms with Crippen LogP contribution in [0.15, 0.2) is 25.3 Å². The minimum Gasteiger partial charge on any atom is -0.461 e. The molecule has 5 nitrogen and oxygen atoms in total. The van der Waals surface area contributed by atoms with Crippen LogP contribution in [0, 0.1) is 0 Å². The minimum atomic E-state index is -0.438. The highest BCUT2D eigenvalue weighted by Crippen LogP contribution is 1.79. The molecule has 0 fully saturated rings. The third-order valence-electron chi connectivity index (χ3n) is 1.26. The van der Waals surface area contributed by atoms with E-state index in [0.29, 0.717) is 0 Å². The molecule has 0 amide bonds. The van der Waals surface area contributed by atoms with Crippen LogP contribution in [0.5, 0.6) is 0 Å². The lowest BCUT2D eigenvalue weighted by Gasteiger charge is -2.04. The summed E-state index contributed by atoms with van der Waals surface area (Å²) in [5, 5.41) is 2.59. The highest BCUT2D eigenvalue weighted by atomic mass is 35.5. The lowest BCUT2D eigenvalue weighted by Crippen LogP contribution is -2.30. The van der Waals surface area contributed by atoms with Gasteiger partial charge in [0.2, 0.25) is 0 Å². The number of ether oxygens (including phenoxy) is 2. The Morgan fingerprint density at radius 2 is 1.38 bits per heavy atom.